The van der Waals surface area contributed by atoms with Crippen molar-refractivity contribution in [3.8, 4) is 5.88 Å². The maximum absolute atomic E-state index is 14.0. The second-order valence-electron chi connectivity index (χ2n) is 6.31. The highest BCUT2D eigenvalue weighted by atomic mass is 19.1. The van der Waals surface area contributed by atoms with Crippen molar-refractivity contribution < 1.29 is 18.4 Å². The van der Waals surface area contributed by atoms with Gasteiger partial charge in [0.1, 0.15) is 0 Å². The minimum atomic E-state index is -0.616. The highest BCUT2D eigenvalue weighted by Gasteiger charge is 2.51. The fourth-order valence-corrected chi connectivity index (χ4v) is 1.86. The second kappa shape index (κ2) is 5.00. The maximum Gasteiger partial charge on any atom is 0.496 e. The van der Waals surface area contributed by atoms with E-state index in [1.54, 1.807) is 0 Å². The molecule has 2 heterocycles. The van der Waals surface area contributed by atoms with Crippen LogP contribution >= 0.6 is 0 Å². The molecule has 1 aliphatic heterocycles. The van der Waals surface area contributed by atoms with Crippen LogP contribution in [0.3, 0.4) is 0 Å². The summed E-state index contributed by atoms with van der Waals surface area (Å²) < 4.78 is 30.9. The Labute approximate surface area is 119 Å². The fourth-order valence-electron chi connectivity index (χ4n) is 1.86. The first-order valence-corrected chi connectivity index (χ1v) is 6.80. The molecule has 0 saturated carbocycles. The average Bonchev–Trinajstić information content (AvgIpc) is 2.50. The van der Waals surface area contributed by atoms with Crippen LogP contribution in [0, 0.1) is 5.82 Å². The van der Waals surface area contributed by atoms with Crippen molar-refractivity contribution in [2.75, 3.05) is 0 Å². The summed E-state index contributed by atoms with van der Waals surface area (Å²) in [6.45, 7) is 11.5. The van der Waals surface area contributed by atoms with E-state index in [1.165, 1.54) is 12.3 Å². The van der Waals surface area contributed by atoms with Crippen LogP contribution in [0.25, 0.3) is 0 Å². The summed E-state index contributed by atoms with van der Waals surface area (Å²) in [4.78, 5) is 4.00. The zero-order valence-corrected chi connectivity index (χ0v) is 12.9. The third-order valence-corrected chi connectivity index (χ3v) is 3.70. The molecular weight excluding hydrogens is 260 g/mol. The van der Waals surface area contributed by atoms with Crippen LogP contribution in [0.4, 0.5) is 4.39 Å². The first-order chi connectivity index (χ1) is 9.12. The van der Waals surface area contributed by atoms with Gasteiger partial charge in [-0.2, -0.15) is 0 Å². The van der Waals surface area contributed by atoms with E-state index in [1.807, 2.05) is 41.5 Å². The molecule has 0 bridgehead atoms. The number of hydrogen-bond donors (Lipinski definition) is 0. The molecule has 110 valence electrons. The van der Waals surface area contributed by atoms with E-state index >= 15 is 0 Å². The normalized spacial score (nSPS) is 20.5. The molecule has 1 aromatic rings. The Morgan fingerprint density at radius 3 is 2.20 bits per heavy atom. The first kappa shape index (κ1) is 15.3. The molecule has 1 saturated heterocycles. The summed E-state index contributed by atoms with van der Waals surface area (Å²) in [6.07, 6.45) is 1.41. The van der Waals surface area contributed by atoms with Gasteiger partial charge in [0, 0.05) is 11.7 Å². The van der Waals surface area contributed by atoms with Crippen LogP contribution in [0.15, 0.2) is 12.3 Å². The van der Waals surface area contributed by atoms with E-state index in [4.69, 9.17) is 14.0 Å². The van der Waals surface area contributed by atoms with Crippen LogP contribution in [0.5, 0.6) is 5.88 Å². The Balaban J connectivity index is 2.22. The Morgan fingerprint density at radius 2 is 1.75 bits per heavy atom. The van der Waals surface area contributed by atoms with E-state index in [-0.39, 0.29) is 12.0 Å². The number of rotatable bonds is 3. The molecule has 4 nitrogen and oxygen atoms in total. The molecule has 0 atom stereocenters. The SMILES string of the molecule is CC(C)Oc1ncc(B2OC(C)(C)C(C)(C)O2)cc1F. The highest BCUT2D eigenvalue weighted by molar-refractivity contribution is 6.62. The van der Waals surface area contributed by atoms with Crippen molar-refractivity contribution in [2.45, 2.75) is 58.8 Å². The van der Waals surface area contributed by atoms with Crippen LogP contribution in [-0.2, 0) is 9.31 Å². The van der Waals surface area contributed by atoms with Gasteiger partial charge in [-0.05, 0) is 47.6 Å². The standard InChI is InChI=1S/C14H21BFNO3/c1-9(2)18-12-11(16)7-10(8-17-12)15-19-13(3,4)14(5,6)20-15/h7-9H,1-6H3. The predicted octanol–water partition coefficient (Wildman–Crippen LogP) is 2.31. The summed E-state index contributed by atoms with van der Waals surface area (Å²) in [5.41, 5.74) is -0.361. The number of nitrogens with zero attached hydrogens (tertiary/aromatic N) is 1. The topological polar surface area (TPSA) is 40.6 Å². The van der Waals surface area contributed by atoms with Crippen molar-refractivity contribution in [3.05, 3.63) is 18.1 Å². The molecule has 1 fully saturated rings. The average molecular weight is 281 g/mol. The summed E-state index contributed by atoms with van der Waals surface area (Å²) >= 11 is 0. The lowest BCUT2D eigenvalue weighted by Crippen LogP contribution is -2.41. The fraction of sp³-hybridized carbons (Fsp3) is 0.643. The molecule has 0 N–H and O–H groups in total. The van der Waals surface area contributed by atoms with Gasteiger partial charge in [-0.3, -0.25) is 0 Å². The van der Waals surface area contributed by atoms with Gasteiger partial charge in [-0.1, -0.05) is 0 Å². The molecule has 0 aliphatic carbocycles. The third kappa shape index (κ3) is 2.81. The minimum Gasteiger partial charge on any atom is -0.473 e. The maximum atomic E-state index is 14.0. The first-order valence-electron chi connectivity index (χ1n) is 6.80. The van der Waals surface area contributed by atoms with Gasteiger partial charge >= 0.3 is 7.12 Å². The summed E-state index contributed by atoms with van der Waals surface area (Å²) in [5.74, 6) is -0.508. The molecule has 1 aliphatic rings. The second-order valence-corrected chi connectivity index (χ2v) is 6.31. The highest BCUT2D eigenvalue weighted by Crippen LogP contribution is 2.36. The number of hydrogen-bond acceptors (Lipinski definition) is 4. The van der Waals surface area contributed by atoms with Crippen molar-refractivity contribution in [1.29, 1.82) is 0 Å². The zero-order chi connectivity index (χ0) is 15.1. The van der Waals surface area contributed by atoms with Crippen molar-refractivity contribution in [2.24, 2.45) is 0 Å². The molecule has 2 rings (SSSR count). The van der Waals surface area contributed by atoms with Crippen LogP contribution < -0.4 is 10.2 Å². The third-order valence-electron chi connectivity index (χ3n) is 3.70. The Morgan fingerprint density at radius 1 is 1.20 bits per heavy atom. The Bertz CT molecular complexity index is 489. The molecular formula is C14H21BFNO3. The quantitative estimate of drug-likeness (QED) is 0.797. The number of aromatic nitrogens is 1. The van der Waals surface area contributed by atoms with Crippen molar-refractivity contribution >= 4 is 12.6 Å². The van der Waals surface area contributed by atoms with E-state index < -0.39 is 24.1 Å². The monoisotopic (exact) mass is 281 g/mol. The van der Waals surface area contributed by atoms with Gasteiger partial charge < -0.3 is 14.0 Å². The summed E-state index contributed by atoms with van der Waals surface area (Å²) in [6, 6.07) is 1.35. The van der Waals surface area contributed by atoms with E-state index in [2.05, 4.69) is 4.98 Å². The van der Waals surface area contributed by atoms with Gasteiger partial charge in [-0.15, -0.1) is 0 Å². The molecule has 1 aromatic heterocycles. The van der Waals surface area contributed by atoms with Crippen LogP contribution in [0.2, 0.25) is 0 Å². The van der Waals surface area contributed by atoms with Gasteiger partial charge in [-0.25, -0.2) is 9.37 Å². The predicted molar refractivity (Wildman–Crippen MR) is 75.7 cm³/mol. The Hall–Kier alpha value is -1.14. The number of halogens is 1. The van der Waals surface area contributed by atoms with Crippen LogP contribution in [-0.4, -0.2) is 29.4 Å². The Kier molecular flexibility index (Phi) is 3.82. The van der Waals surface area contributed by atoms with Crippen molar-refractivity contribution in [3.63, 3.8) is 0 Å². The van der Waals surface area contributed by atoms with Gasteiger partial charge in [0.25, 0.3) is 5.88 Å². The molecule has 6 heteroatoms. The lowest BCUT2D eigenvalue weighted by molar-refractivity contribution is 0.00578. The van der Waals surface area contributed by atoms with E-state index in [0.717, 1.165) is 0 Å². The van der Waals surface area contributed by atoms with E-state index in [9.17, 15) is 4.39 Å². The number of ether oxygens (including phenoxy) is 1. The molecule has 0 amide bonds. The zero-order valence-electron chi connectivity index (χ0n) is 12.9. The lowest BCUT2D eigenvalue weighted by Gasteiger charge is -2.32. The summed E-state index contributed by atoms with van der Waals surface area (Å²) in [5, 5.41) is 0. The molecule has 0 spiro atoms. The van der Waals surface area contributed by atoms with Gasteiger partial charge in [0.05, 0.1) is 17.3 Å². The molecule has 0 aromatic carbocycles. The minimum absolute atomic E-state index is 0.000248. The largest absolute Gasteiger partial charge is 0.496 e. The smallest absolute Gasteiger partial charge is 0.473 e. The lowest BCUT2D eigenvalue weighted by atomic mass is 9.80. The van der Waals surface area contributed by atoms with Gasteiger partial charge in [0.2, 0.25) is 0 Å². The number of pyridine rings is 1. The molecule has 0 unspecified atom stereocenters. The summed E-state index contributed by atoms with van der Waals surface area (Å²) in [7, 11) is -0.616. The van der Waals surface area contributed by atoms with Crippen LogP contribution in [0.1, 0.15) is 41.5 Å². The van der Waals surface area contributed by atoms with Crippen molar-refractivity contribution in [1.82, 2.24) is 4.98 Å². The molecule has 20 heavy (non-hydrogen) atoms. The van der Waals surface area contributed by atoms with Gasteiger partial charge in [0.15, 0.2) is 5.82 Å². The van der Waals surface area contributed by atoms with E-state index in [0.29, 0.717) is 5.46 Å². The molecule has 0 radical (unpaired) electrons.